The first-order valence-corrected chi connectivity index (χ1v) is 7.91. The largest absolute Gasteiger partial charge is 0.481 e. The van der Waals surface area contributed by atoms with Crippen molar-refractivity contribution in [1.29, 1.82) is 0 Å². The average molecular weight is 307 g/mol. The van der Waals surface area contributed by atoms with E-state index in [1.54, 1.807) is 0 Å². The van der Waals surface area contributed by atoms with Crippen molar-refractivity contribution in [3.05, 3.63) is 53.1 Å². The molecule has 0 radical (unpaired) electrons. The Kier molecular flexibility index (Phi) is 3.18. The minimum Gasteiger partial charge on any atom is -0.481 e. The fourth-order valence-corrected chi connectivity index (χ4v) is 3.71. The maximum atomic E-state index is 12.2. The predicted octanol–water partition coefficient (Wildman–Crippen LogP) is 3.35. The molecule has 1 atom stereocenters. The molecule has 4 nitrogen and oxygen atoms in total. The van der Waals surface area contributed by atoms with Gasteiger partial charge in [-0.25, -0.2) is 0 Å². The Bertz CT molecular complexity index is 825. The SMILES string of the molecule is O=C(O)CC1C(=O)Nc2c(-c3ccc4c(c3)CCC4)cccc21. The summed E-state index contributed by atoms with van der Waals surface area (Å²) in [6.45, 7) is 0. The third-order valence-electron chi connectivity index (χ3n) is 4.83. The summed E-state index contributed by atoms with van der Waals surface area (Å²) in [4.78, 5) is 23.2. The van der Waals surface area contributed by atoms with Crippen molar-refractivity contribution in [2.24, 2.45) is 0 Å². The maximum absolute atomic E-state index is 12.2. The van der Waals surface area contributed by atoms with Crippen molar-refractivity contribution in [3.8, 4) is 11.1 Å². The lowest BCUT2D eigenvalue weighted by molar-refractivity contribution is -0.138. The van der Waals surface area contributed by atoms with Crippen LogP contribution in [0, 0.1) is 0 Å². The van der Waals surface area contributed by atoms with E-state index < -0.39 is 11.9 Å². The van der Waals surface area contributed by atoms with Gasteiger partial charge in [0.2, 0.25) is 5.91 Å². The Balaban J connectivity index is 1.79. The predicted molar refractivity (Wildman–Crippen MR) is 87.5 cm³/mol. The summed E-state index contributed by atoms with van der Waals surface area (Å²) in [5.74, 6) is -1.78. The van der Waals surface area contributed by atoms with Crippen LogP contribution in [0.4, 0.5) is 5.69 Å². The van der Waals surface area contributed by atoms with Gasteiger partial charge in [0, 0.05) is 5.56 Å². The molecule has 0 spiro atoms. The Morgan fingerprint density at radius 3 is 2.83 bits per heavy atom. The summed E-state index contributed by atoms with van der Waals surface area (Å²) < 4.78 is 0. The lowest BCUT2D eigenvalue weighted by Crippen LogP contribution is -2.15. The minimum absolute atomic E-state index is 0.174. The van der Waals surface area contributed by atoms with E-state index in [1.807, 2.05) is 18.2 Å². The van der Waals surface area contributed by atoms with Crippen molar-refractivity contribution in [2.45, 2.75) is 31.6 Å². The summed E-state index contributed by atoms with van der Waals surface area (Å²) in [5.41, 5.74) is 6.40. The number of carbonyl (C=O) groups is 2. The van der Waals surface area contributed by atoms with E-state index in [4.69, 9.17) is 5.11 Å². The van der Waals surface area contributed by atoms with E-state index in [0.29, 0.717) is 0 Å². The van der Waals surface area contributed by atoms with Crippen LogP contribution in [0.25, 0.3) is 11.1 Å². The van der Waals surface area contributed by atoms with Crippen molar-refractivity contribution in [3.63, 3.8) is 0 Å². The van der Waals surface area contributed by atoms with Gasteiger partial charge in [-0.2, -0.15) is 0 Å². The molecule has 4 heteroatoms. The van der Waals surface area contributed by atoms with E-state index in [1.165, 1.54) is 17.5 Å². The zero-order valence-corrected chi connectivity index (χ0v) is 12.6. The summed E-state index contributed by atoms with van der Waals surface area (Å²) in [6.07, 6.45) is 3.27. The Morgan fingerprint density at radius 2 is 2.00 bits per heavy atom. The first-order valence-electron chi connectivity index (χ1n) is 7.91. The fraction of sp³-hybridized carbons (Fsp3) is 0.263. The molecule has 0 bridgehead atoms. The summed E-state index contributed by atoms with van der Waals surface area (Å²) in [7, 11) is 0. The number of rotatable bonds is 3. The number of fused-ring (bicyclic) bond motifs is 2. The van der Waals surface area contributed by atoms with Gasteiger partial charge < -0.3 is 10.4 Å². The number of nitrogens with one attached hydrogen (secondary N) is 1. The third-order valence-corrected chi connectivity index (χ3v) is 4.83. The van der Waals surface area contributed by atoms with Gasteiger partial charge in [-0.05, 0) is 41.5 Å². The highest BCUT2D eigenvalue weighted by Gasteiger charge is 2.33. The highest BCUT2D eigenvalue weighted by atomic mass is 16.4. The molecule has 0 saturated carbocycles. The summed E-state index contributed by atoms with van der Waals surface area (Å²) in [6, 6.07) is 12.2. The van der Waals surface area contributed by atoms with Gasteiger partial charge in [0.05, 0.1) is 18.0 Å². The molecule has 2 aromatic rings. The summed E-state index contributed by atoms with van der Waals surface area (Å²) >= 11 is 0. The number of anilines is 1. The molecule has 116 valence electrons. The van der Waals surface area contributed by atoms with Crippen LogP contribution in [-0.2, 0) is 22.4 Å². The first-order chi connectivity index (χ1) is 11.1. The molecule has 2 aromatic carbocycles. The van der Waals surface area contributed by atoms with Crippen LogP contribution in [0.15, 0.2) is 36.4 Å². The van der Waals surface area contributed by atoms with Crippen molar-refractivity contribution in [1.82, 2.24) is 0 Å². The van der Waals surface area contributed by atoms with Gasteiger partial charge in [-0.1, -0.05) is 36.4 Å². The van der Waals surface area contributed by atoms with Gasteiger partial charge in [0.1, 0.15) is 0 Å². The Hall–Kier alpha value is -2.62. The van der Waals surface area contributed by atoms with Crippen molar-refractivity contribution < 1.29 is 14.7 Å². The van der Waals surface area contributed by atoms with Crippen molar-refractivity contribution in [2.75, 3.05) is 5.32 Å². The molecule has 1 unspecified atom stereocenters. The quantitative estimate of drug-likeness (QED) is 0.914. The Morgan fingerprint density at radius 1 is 1.17 bits per heavy atom. The summed E-state index contributed by atoms with van der Waals surface area (Å²) in [5, 5.41) is 11.9. The number of carboxylic acid groups (broad SMARTS) is 1. The standard InChI is InChI=1S/C19H17NO3/c21-17(22)10-16-15-6-2-5-14(18(15)20-19(16)23)13-8-7-11-3-1-4-12(11)9-13/h2,5-9,16H,1,3-4,10H2,(H,20,23)(H,21,22). The minimum atomic E-state index is -0.957. The van der Waals surface area contributed by atoms with E-state index >= 15 is 0 Å². The number of aryl methyl sites for hydroxylation is 2. The number of hydrogen-bond donors (Lipinski definition) is 2. The monoisotopic (exact) mass is 307 g/mol. The fourth-order valence-electron chi connectivity index (χ4n) is 3.71. The molecule has 2 N–H and O–H groups in total. The average Bonchev–Trinajstić information content (AvgIpc) is 3.11. The highest BCUT2D eigenvalue weighted by molar-refractivity contribution is 6.08. The molecule has 1 heterocycles. The molecule has 1 aliphatic heterocycles. The molecule has 1 amide bonds. The smallest absolute Gasteiger partial charge is 0.304 e. The second kappa shape index (κ2) is 5.23. The first kappa shape index (κ1) is 14.0. The molecule has 1 aliphatic carbocycles. The highest BCUT2D eigenvalue weighted by Crippen LogP contribution is 2.42. The van der Waals surface area contributed by atoms with Crippen LogP contribution in [0.1, 0.15) is 35.4 Å². The van der Waals surface area contributed by atoms with Gasteiger partial charge in [0.25, 0.3) is 0 Å². The molecule has 2 aliphatic rings. The number of para-hydroxylation sites is 1. The topological polar surface area (TPSA) is 66.4 Å². The maximum Gasteiger partial charge on any atom is 0.304 e. The van der Waals surface area contributed by atoms with E-state index in [9.17, 15) is 9.59 Å². The van der Waals surface area contributed by atoms with E-state index in [-0.39, 0.29) is 12.3 Å². The number of carboxylic acids is 1. The lowest BCUT2D eigenvalue weighted by Gasteiger charge is -2.11. The normalized spacial score (nSPS) is 18.4. The van der Waals surface area contributed by atoms with Crippen LogP contribution in [0.5, 0.6) is 0 Å². The molecule has 0 aromatic heterocycles. The van der Waals surface area contributed by atoms with Crippen LogP contribution in [0.2, 0.25) is 0 Å². The van der Waals surface area contributed by atoms with Crippen LogP contribution in [0.3, 0.4) is 0 Å². The second-order valence-corrected chi connectivity index (χ2v) is 6.25. The molecule has 23 heavy (non-hydrogen) atoms. The molecule has 0 fully saturated rings. The number of hydrogen-bond acceptors (Lipinski definition) is 2. The van der Waals surface area contributed by atoms with E-state index in [2.05, 4.69) is 23.5 Å². The molecule has 4 rings (SSSR count). The third kappa shape index (κ3) is 2.31. The van der Waals surface area contributed by atoms with Gasteiger partial charge in [0.15, 0.2) is 0 Å². The van der Waals surface area contributed by atoms with E-state index in [0.717, 1.165) is 35.2 Å². The lowest BCUT2D eigenvalue weighted by atomic mass is 9.93. The number of amides is 1. The number of carbonyl (C=O) groups excluding carboxylic acids is 1. The van der Waals surface area contributed by atoms with Gasteiger partial charge in [-0.15, -0.1) is 0 Å². The van der Waals surface area contributed by atoms with Crippen LogP contribution in [-0.4, -0.2) is 17.0 Å². The zero-order chi connectivity index (χ0) is 16.0. The number of benzene rings is 2. The van der Waals surface area contributed by atoms with Crippen molar-refractivity contribution >= 4 is 17.6 Å². The van der Waals surface area contributed by atoms with Crippen LogP contribution >= 0.6 is 0 Å². The van der Waals surface area contributed by atoms with Gasteiger partial charge >= 0.3 is 5.97 Å². The second-order valence-electron chi connectivity index (χ2n) is 6.25. The zero-order valence-electron chi connectivity index (χ0n) is 12.6. The van der Waals surface area contributed by atoms with Gasteiger partial charge in [-0.3, -0.25) is 9.59 Å². The van der Waals surface area contributed by atoms with Crippen LogP contribution < -0.4 is 5.32 Å². The molecular formula is C19H17NO3. The molecule has 0 saturated heterocycles. The number of aliphatic carboxylic acids is 1. The molecular weight excluding hydrogens is 290 g/mol. The Labute approximate surface area is 134 Å².